The zero-order valence-corrected chi connectivity index (χ0v) is 8.67. The number of hydrogen-bond acceptors (Lipinski definition) is 3. The molecule has 0 amide bonds. The fourth-order valence-corrected chi connectivity index (χ4v) is 1.24. The van der Waals surface area contributed by atoms with Crippen LogP contribution in [0.4, 0.5) is 0 Å². The SMILES string of the molecule is Cc1[c]ccc(OCCS(N)(=O)=O)c1. The van der Waals surface area contributed by atoms with E-state index in [1.165, 1.54) is 0 Å². The molecule has 0 saturated carbocycles. The minimum Gasteiger partial charge on any atom is -0.492 e. The van der Waals surface area contributed by atoms with E-state index in [1.54, 1.807) is 18.2 Å². The van der Waals surface area contributed by atoms with Crippen molar-refractivity contribution in [2.24, 2.45) is 5.14 Å². The number of ether oxygens (including phenoxy) is 1. The number of primary sulfonamides is 1. The van der Waals surface area contributed by atoms with Crippen molar-refractivity contribution in [3.8, 4) is 5.75 Å². The highest BCUT2D eigenvalue weighted by Crippen LogP contribution is 2.11. The van der Waals surface area contributed by atoms with E-state index >= 15 is 0 Å². The lowest BCUT2D eigenvalue weighted by molar-refractivity contribution is 0.340. The fourth-order valence-electron chi connectivity index (χ4n) is 0.924. The van der Waals surface area contributed by atoms with Gasteiger partial charge in [-0.25, -0.2) is 13.6 Å². The average molecular weight is 214 g/mol. The van der Waals surface area contributed by atoms with Crippen LogP contribution >= 0.6 is 0 Å². The van der Waals surface area contributed by atoms with Crippen LogP contribution in [0.5, 0.6) is 5.75 Å². The van der Waals surface area contributed by atoms with Crippen LogP contribution in [-0.4, -0.2) is 20.8 Å². The maximum Gasteiger partial charge on any atom is 0.212 e. The molecular formula is C9H12NO3S. The molecule has 0 saturated heterocycles. The number of sulfonamides is 1. The average Bonchev–Trinajstić information content (AvgIpc) is 2.01. The second-order valence-corrected chi connectivity index (χ2v) is 4.66. The Morgan fingerprint density at radius 3 is 2.86 bits per heavy atom. The van der Waals surface area contributed by atoms with Gasteiger partial charge in [0.15, 0.2) is 0 Å². The largest absolute Gasteiger partial charge is 0.492 e. The molecule has 5 heteroatoms. The summed E-state index contributed by atoms with van der Waals surface area (Å²) in [6.07, 6.45) is 0. The van der Waals surface area contributed by atoms with Gasteiger partial charge in [-0.05, 0) is 30.7 Å². The Bertz CT molecular complexity index is 400. The molecule has 0 heterocycles. The van der Waals surface area contributed by atoms with Crippen molar-refractivity contribution in [2.75, 3.05) is 12.4 Å². The van der Waals surface area contributed by atoms with Gasteiger partial charge in [-0.1, -0.05) is 6.07 Å². The van der Waals surface area contributed by atoms with E-state index in [2.05, 4.69) is 6.07 Å². The summed E-state index contributed by atoms with van der Waals surface area (Å²) >= 11 is 0. The molecule has 77 valence electrons. The number of benzene rings is 1. The molecule has 1 radical (unpaired) electrons. The van der Waals surface area contributed by atoms with Crippen molar-refractivity contribution >= 4 is 10.0 Å². The second kappa shape index (κ2) is 4.43. The van der Waals surface area contributed by atoms with Gasteiger partial charge in [0.2, 0.25) is 10.0 Å². The topological polar surface area (TPSA) is 69.4 Å². The van der Waals surface area contributed by atoms with E-state index in [-0.39, 0.29) is 12.4 Å². The molecule has 1 aromatic rings. The second-order valence-electron chi connectivity index (χ2n) is 2.92. The zero-order valence-electron chi connectivity index (χ0n) is 7.86. The highest BCUT2D eigenvalue weighted by Gasteiger charge is 2.02. The lowest BCUT2D eigenvalue weighted by Crippen LogP contribution is -2.21. The molecule has 0 aliphatic rings. The van der Waals surface area contributed by atoms with Gasteiger partial charge in [-0.15, -0.1) is 0 Å². The van der Waals surface area contributed by atoms with Gasteiger partial charge >= 0.3 is 0 Å². The number of aryl methyl sites for hydroxylation is 1. The van der Waals surface area contributed by atoms with E-state index in [4.69, 9.17) is 9.88 Å². The monoisotopic (exact) mass is 214 g/mol. The lowest BCUT2D eigenvalue weighted by atomic mass is 10.2. The van der Waals surface area contributed by atoms with Crippen LogP contribution in [0, 0.1) is 13.0 Å². The highest BCUT2D eigenvalue weighted by molar-refractivity contribution is 7.89. The molecule has 0 atom stereocenters. The zero-order chi connectivity index (χ0) is 10.6. The van der Waals surface area contributed by atoms with Crippen LogP contribution in [-0.2, 0) is 10.0 Å². The third-order valence-corrected chi connectivity index (χ3v) is 2.29. The minimum absolute atomic E-state index is 0.0717. The smallest absolute Gasteiger partial charge is 0.212 e. The summed E-state index contributed by atoms with van der Waals surface area (Å²) in [5.41, 5.74) is 0.943. The van der Waals surface area contributed by atoms with E-state index in [9.17, 15) is 8.42 Å². The Kier molecular flexibility index (Phi) is 3.49. The van der Waals surface area contributed by atoms with Crippen LogP contribution < -0.4 is 9.88 Å². The molecule has 0 fully saturated rings. The Hall–Kier alpha value is -1.07. The van der Waals surface area contributed by atoms with Crippen molar-refractivity contribution in [3.05, 3.63) is 29.8 Å². The van der Waals surface area contributed by atoms with Crippen LogP contribution in [0.1, 0.15) is 5.56 Å². The minimum atomic E-state index is -3.44. The van der Waals surface area contributed by atoms with Gasteiger partial charge in [-0.2, -0.15) is 0 Å². The Morgan fingerprint density at radius 1 is 1.57 bits per heavy atom. The van der Waals surface area contributed by atoms with Gasteiger partial charge in [0.1, 0.15) is 12.4 Å². The molecule has 1 rings (SSSR count). The van der Waals surface area contributed by atoms with Crippen molar-refractivity contribution < 1.29 is 13.2 Å². The van der Waals surface area contributed by atoms with Crippen LogP contribution in [0.25, 0.3) is 0 Å². The molecule has 0 unspecified atom stereocenters. The first-order valence-electron chi connectivity index (χ1n) is 4.09. The maximum atomic E-state index is 10.6. The standard InChI is InChI=1S/C9H12NO3S/c1-8-3-2-4-9(7-8)13-5-6-14(10,11)12/h2,4,7H,5-6H2,1H3,(H2,10,11,12). The summed E-state index contributed by atoms with van der Waals surface area (Å²) in [4.78, 5) is 0. The summed E-state index contributed by atoms with van der Waals surface area (Å²) in [5.74, 6) is 0.454. The summed E-state index contributed by atoms with van der Waals surface area (Å²) in [7, 11) is -3.44. The maximum absolute atomic E-state index is 10.6. The number of rotatable bonds is 4. The summed E-state index contributed by atoms with van der Waals surface area (Å²) in [6, 6.07) is 8.18. The molecule has 1 aromatic carbocycles. The predicted octanol–water partition coefficient (Wildman–Crippen LogP) is 0.463. The molecule has 0 aliphatic heterocycles. The van der Waals surface area contributed by atoms with Gasteiger partial charge in [0, 0.05) is 0 Å². The van der Waals surface area contributed by atoms with Crippen LogP contribution in [0.3, 0.4) is 0 Å². The molecule has 0 aliphatic carbocycles. The first kappa shape index (κ1) is 11.0. The summed E-state index contributed by atoms with van der Waals surface area (Å²) in [6.45, 7) is 1.95. The first-order chi connectivity index (χ1) is 6.47. The molecule has 0 aromatic heterocycles. The Morgan fingerprint density at radius 2 is 2.29 bits per heavy atom. The third-order valence-electron chi connectivity index (χ3n) is 1.55. The number of hydrogen-bond donors (Lipinski definition) is 1. The van der Waals surface area contributed by atoms with E-state index in [0.29, 0.717) is 5.75 Å². The predicted molar refractivity (Wildman–Crippen MR) is 53.5 cm³/mol. The van der Waals surface area contributed by atoms with Crippen molar-refractivity contribution in [1.82, 2.24) is 0 Å². The third kappa shape index (κ3) is 4.25. The Labute approximate surface area is 83.7 Å². The molecule has 0 bridgehead atoms. The Balaban J connectivity index is 2.47. The lowest BCUT2D eigenvalue weighted by Gasteiger charge is -2.05. The van der Waals surface area contributed by atoms with Gasteiger partial charge < -0.3 is 4.74 Å². The van der Waals surface area contributed by atoms with Crippen molar-refractivity contribution in [1.29, 1.82) is 0 Å². The van der Waals surface area contributed by atoms with Crippen molar-refractivity contribution in [2.45, 2.75) is 6.92 Å². The van der Waals surface area contributed by atoms with E-state index in [1.807, 2.05) is 6.92 Å². The van der Waals surface area contributed by atoms with E-state index in [0.717, 1.165) is 5.56 Å². The highest BCUT2D eigenvalue weighted by atomic mass is 32.2. The number of nitrogens with two attached hydrogens (primary N) is 1. The molecule has 2 N–H and O–H groups in total. The molecule has 4 nitrogen and oxygen atoms in total. The first-order valence-corrected chi connectivity index (χ1v) is 5.80. The van der Waals surface area contributed by atoms with Gasteiger partial charge in [-0.3, -0.25) is 0 Å². The normalized spacial score (nSPS) is 11.3. The quantitative estimate of drug-likeness (QED) is 0.791. The summed E-state index contributed by atoms with van der Waals surface area (Å²) < 4.78 is 26.3. The van der Waals surface area contributed by atoms with Gasteiger partial charge in [0.25, 0.3) is 0 Å². The summed E-state index contributed by atoms with van der Waals surface area (Å²) in [5, 5.41) is 4.82. The van der Waals surface area contributed by atoms with Crippen LogP contribution in [0.15, 0.2) is 18.2 Å². The van der Waals surface area contributed by atoms with E-state index < -0.39 is 10.0 Å². The van der Waals surface area contributed by atoms with Gasteiger partial charge in [0.05, 0.1) is 5.75 Å². The molecule has 0 spiro atoms. The van der Waals surface area contributed by atoms with Crippen LogP contribution in [0.2, 0.25) is 0 Å². The molecular weight excluding hydrogens is 202 g/mol. The fraction of sp³-hybridized carbons (Fsp3) is 0.333. The van der Waals surface area contributed by atoms with Crippen molar-refractivity contribution in [3.63, 3.8) is 0 Å². The molecule has 14 heavy (non-hydrogen) atoms.